The van der Waals surface area contributed by atoms with Gasteiger partial charge in [0, 0.05) is 42.5 Å². The average molecular weight is 495 g/mol. The van der Waals surface area contributed by atoms with Gasteiger partial charge in [-0.3, -0.25) is 5.32 Å². The lowest BCUT2D eigenvalue weighted by Crippen LogP contribution is -2.34. The van der Waals surface area contributed by atoms with E-state index in [1.807, 2.05) is 57.2 Å². The molecule has 2 N–H and O–H groups in total. The largest absolute Gasteiger partial charge is 0.444 e. The molecule has 7 nitrogen and oxygen atoms in total. The maximum atomic E-state index is 14.8. The number of halogens is 1. The second-order valence-corrected chi connectivity index (χ2v) is 10.3. The zero-order valence-corrected chi connectivity index (χ0v) is 21.4. The van der Waals surface area contributed by atoms with Gasteiger partial charge < -0.3 is 19.7 Å². The average Bonchev–Trinajstić information content (AvgIpc) is 2.82. The van der Waals surface area contributed by atoms with E-state index in [2.05, 4.69) is 27.6 Å². The maximum Gasteiger partial charge on any atom is 0.413 e. The molecule has 4 rings (SSSR count). The minimum atomic E-state index is -0.598. The molecular formula is C28H35FN4O3. The molecule has 0 radical (unpaired) electrons. The number of pyridine rings is 1. The number of ether oxygens (including phenoxy) is 2. The van der Waals surface area contributed by atoms with E-state index in [0.29, 0.717) is 24.5 Å². The smallest absolute Gasteiger partial charge is 0.413 e. The molecule has 2 aromatic carbocycles. The second kappa shape index (κ2) is 11.2. The van der Waals surface area contributed by atoms with Crippen LogP contribution in [0.25, 0.3) is 10.8 Å². The van der Waals surface area contributed by atoms with Gasteiger partial charge in [-0.25, -0.2) is 14.2 Å². The molecule has 0 bridgehead atoms. The normalized spacial score (nSPS) is 15.1. The third kappa shape index (κ3) is 7.15. The molecule has 1 amide bonds. The molecule has 0 saturated carbocycles. The number of hydrogen-bond donors (Lipinski definition) is 2. The SMILES string of the molecule is CN1CCC(OCc2ccc(CNc3ccc4c(NC(=O)OC(C)(C)C)nccc4c3)c(F)c2)CC1. The van der Waals surface area contributed by atoms with Gasteiger partial charge in [-0.05, 0) is 81.9 Å². The number of carbonyl (C=O) groups excluding carboxylic acids is 1. The van der Waals surface area contributed by atoms with Crippen LogP contribution >= 0.6 is 0 Å². The van der Waals surface area contributed by atoms with Crippen LogP contribution in [0.4, 0.5) is 20.7 Å². The lowest BCUT2D eigenvalue weighted by Gasteiger charge is -2.28. The molecular weight excluding hydrogens is 459 g/mol. The number of anilines is 2. The zero-order valence-electron chi connectivity index (χ0n) is 21.4. The Kier molecular flexibility index (Phi) is 8.06. The van der Waals surface area contributed by atoms with Crippen LogP contribution in [0.3, 0.4) is 0 Å². The molecule has 1 saturated heterocycles. The van der Waals surface area contributed by atoms with Crippen molar-refractivity contribution >= 4 is 28.4 Å². The summed E-state index contributed by atoms with van der Waals surface area (Å²) in [4.78, 5) is 18.7. The van der Waals surface area contributed by atoms with Crippen molar-refractivity contribution in [3.63, 3.8) is 0 Å². The van der Waals surface area contributed by atoms with Crippen LogP contribution in [-0.2, 0) is 22.6 Å². The molecule has 3 aromatic rings. The van der Waals surface area contributed by atoms with Gasteiger partial charge in [0.05, 0.1) is 12.7 Å². The van der Waals surface area contributed by atoms with Crippen molar-refractivity contribution in [3.05, 3.63) is 65.6 Å². The van der Waals surface area contributed by atoms with Crippen LogP contribution in [0.1, 0.15) is 44.7 Å². The van der Waals surface area contributed by atoms with Gasteiger partial charge in [-0.1, -0.05) is 12.1 Å². The van der Waals surface area contributed by atoms with Crippen LogP contribution in [0.5, 0.6) is 0 Å². The predicted molar refractivity (Wildman–Crippen MR) is 141 cm³/mol. The number of hydrogen-bond acceptors (Lipinski definition) is 6. The maximum absolute atomic E-state index is 14.8. The molecule has 1 aromatic heterocycles. The minimum absolute atomic E-state index is 0.244. The first-order chi connectivity index (χ1) is 17.2. The van der Waals surface area contributed by atoms with Crippen molar-refractivity contribution in [1.29, 1.82) is 0 Å². The van der Waals surface area contributed by atoms with E-state index in [1.54, 1.807) is 12.3 Å². The quantitative estimate of drug-likeness (QED) is 0.423. The van der Waals surface area contributed by atoms with E-state index in [-0.39, 0.29) is 11.9 Å². The zero-order chi connectivity index (χ0) is 25.7. The van der Waals surface area contributed by atoms with Gasteiger partial charge in [-0.15, -0.1) is 0 Å². The summed E-state index contributed by atoms with van der Waals surface area (Å²) in [5.41, 5.74) is 1.67. The molecule has 0 atom stereocenters. The van der Waals surface area contributed by atoms with Crippen LogP contribution in [0.2, 0.25) is 0 Å². The molecule has 1 aliphatic rings. The molecule has 2 heterocycles. The lowest BCUT2D eigenvalue weighted by atomic mass is 10.1. The van der Waals surface area contributed by atoms with Crippen molar-refractivity contribution in [2.45, 2.75) is 58.5 Å². The molecule has 1 aliphatic heterocycles. The Labute approximate surface area is 212 Å². The van der Waals surface area contributed by atoms with Gasteiger partial charge in [0.1, 0.15) is 17.2 Å². The Morgan fingerprint density at radius 1 is 1.14 bits per heavy atom. The Morgan fingerprint density at radius 2 is 1.92 bits per heavy atom. The van der Waals surface area contributed by atoms with E-state index in [0.717, 1.165) is 48.0 Å². The standard InChI is InChI=1S/C28H35FN4O3/c1-28(2,3)36-27(34)32-26-24-8-7-22(16-20(24)9-12-30-26)31-17-21-6-5-19(15-25(21)29)18-35-23-10-13-33(4)14-11-23/h5-9,12,15-16,23,31H,10-11,13-14,17-18H2,1-4H3,(H,30,32,34). The van der Waals surface area contributed by atoms with Crippen LogP contribution < -0.4 is 10.6 Å². The van der Waals surface area contributed by atoms with E-state index in [1.165, 1.54) is 0 Å². The van der Waals surface area contributed by atoms with Crippen molar-refractivity contribution in [1.82, 2.24) is 9.88 Å². The Balaban J connectivity index is 1.35. The van der Waals surface area contributed by atoms with Crippen LogP contribution in [0.15, 0.2) is 48.7 Å². The molecule has 8 heteroatoms. The molecule has 1 fully saturated rings. The summed E-state index contributed by atoms with van der Waals surface area (Å²) in [6.45, 7) is 8.27. The third-order valence-electron chi connectivity index (χ3n) is 6.14. The molecule has 192 valence electrons. The topological polar surface area (TPSA) is 75.7 Å². The minimum Gasteiger partial charge on any atom is -0.444 e. The van der Waals surface area contributed by atoms with Crippen LogP contribution in [-0.4, -0.2) is 47.8 Å². The number of piperidine rings is 1. The summed E-state index contributed by atoms with van der Waals surface area (Å²) in [6, 6.07) is 12.9. The van der Waals surface area contributed by atoms with Gasteiger partial charge >= 0.3 is 6.09 Å². The number of rotatable bonds is 7. The van der Waals surface area contributed by atoms with Crippen molar-refractivity contribution in [3.8, 4) is 0 Å². The van der Waals surface area contributed by atoms with E-state index >= 15 is 0 Å². The fourth-order valence-corrected chi connectivity index (χ4v) is 4.17. The number of amides is 1. The first kappa shape index (κ1) is 25.9. The fraction of sp³-hybridized carbons (Fsp3) is 0.429. The number of likely N-dealkylation sites (tertiary alicyclic amines) is 1. The van der Waals surface area contributed by atoms with E-state index < -0.39 is 11.7 Å². The Hall–Kier alpha value is -3.23. The molecule has 0 unspecified atom stereocenters. The van der Waals surface area contributed by atoms with E-state index in [4.69, 9.17) is 9.47 Å². The summed E-state index contributed by atoms with van der Waals surface area (Å²) in [6.07, 6.45) is 3.35. The number of nitrogens with one attached hydrogen (secondary N) is 2. The second-order valence-electron chi connectivity index (χ2n) is 10.3. The van der Waals surface area contributed by atoms with Crippen molar-refractivity contribution in [2.75, 3.05) is 30.8 Å². The highest BCUT2D eigenvalue weighted by Gasteiger charge is 2.18. The highest BCUT2D eigenvalue weighted by atomic mass is 19.1. The number of aromatic nitrogens is 1. The number of nitrogens with zero attached hydrogens (tertiary/aromatic N) is 2. The van der Waals surface area contributed by atoms with Crippen LogP contribution in [0, 0.1) is 5.82 Å². The highest BCUT2D eigenvalue weighted by Crippen LogP contribution is 2.25. The third-order valence-corrected chi connectivity index (χ3v) is 6.14. The number of carbonyl (C=O) groups is 1. The number of benzene rings is 2. The van der Waals surface area contributed by atoms with Crippen molar-refractivity contribution < 1.29 is 18.7 Å². The first-order valence-corrected chi connectivity index (χ1v) is 12.4. The molecule has 0 aliphatic carbocycles. The van der Waals surface area contributed by atoms with Gasteiger partial charge in [0.2, 0.25) is 0 Å². The molecule has 0 spiro atoms. The molecule has 36 heavy (non-hydrogen) atoms. The summed E-state index contributed by atoms with van der Waals surface area (Å²) in [5.74, 6) is 0.179. The van der Waals surface area contributed by atoms with Crippen molar-refractivity contribution in [2.24, 2.45) is 0 Å². The highest BCUT2D eigenvalue weighted by molar-refractivity contribution is 5.99. The van der Waals surface area contributed by atoms with Gasteiger partial charge in [0.15, 0.2) is 0 Å². The predicted octanol–water partition coefficient (Wildman–Crippen LogP) is 5.94. The number of fused-ring (bicyclic) bond motifs is 1. The monoisotopic (exact) mass is 494 g/mol. The van der Waals surface area contributed by atoms with Gasteiger partial charge in [0.25, 0.3) is 0 Å². The summed E-state index contributed by atoms with van der Waals surface area (Å²) in [7, 11) is 2.12. The fourth-order valence-electron chi connectivity index (χ4n) is 4.17. The first-order valence-electron chi connectivity index (χ1n) is 12.4. The summed E-state index contributed by atoms with van der Waals surface area (Å²) >= 11 is 0. The lowest BCUT2D eigenvalue weighted by molar-refractivity contribution is 0.00204. The van der Waals surface area contributed by atoms with Gasteiger partial charge in [-0.2, -0.15) is 0 Å². The summed E-state index contributed by atoms with van der Waals surface area (Å²) in [5, 5.41) is 7.67. The Bertz CT molecular complexity index is 1200. The summed E-state index contributed by atoms with van der Waals surface area (Å²) < 4.78 is 26.1. The Morgan fingerprint density at radius 3 is 2.64 bits per heavy atom. The van der Waals surface area contributed by atoms with E-state index in [9.17, 15) is 9.18 Å².